The second-order valence-electron chi connectivity index (χ2n) is 3.09. The van der Waals surface area contributed by atoms with Gasteiger partial charge >= 0.3 is 0 Å². The van der Waals surface area contributed by atoms with Crippen LogP contribution < -0.4 is 5.73 Å². The second-order valence-corrected chi connectivity index (χ2v) is 3.09. The summed E-state index contributed by atoms with van der Waals surface area (Å²) in [4.78, 5) is 2.08. The zero-order valence-electron chi connectivity index (χ0n) is 6.39. The highest BCUT2D eigenvalue weighted by Crippen LogP contribution is 2.13. The third kappa shape index (κ3) is 1.67. The van der Waals surface area contributed by atoms with E-state index in [2.05, 4.69) is 11.8 Å². The number of nitrogens with zero attached hydrogens (tertiary/aromatic N) is 1. The SMILES string of the molecule is CC1CN(CCF)CC1N. The lowest BCUT2D eigenvalue weighted by Crippen LogP contribution is -2.29. The first-order chi connectivity index (χ1) is 4.74. The summed E-state index contributed by atoms with van der Waals surface area (Å²) in [6.07, 6.45) is 0. The standard InChI is InChI=1S/C7H15FN2/c1-6-4-10(3-2-8)5-7(6)9/h6-7H,2-5,9H2,1H3. The summed E-state index contributed by atoms with van der Waals surface area (Å²) >= 11 is 0. The molecule has 60 valence electrons. The Bertz CT molecular complexity index is 97.8. The van der Waals surface area contributed by atoms with E-state index in [0.29, 0.717) is 12.5 Å². The summed E-state index contributed by atoms with van der Waals surface area (Å²) in [6.45, 7) is 4.25. The molecule has 0 spiro atoms. The van der Waals surface area contributed by atoms with E-state index in [4.69, 9.17) is 5.73 Å². The van der Waals surface area contributed by atoms with E-state index in [1.807, 2.05) is 0 Å². The highest BCUT2D eigenvalue weighted by Gasteiger charge is 2.25. The summed E-state index contributed by atoms with van der Waals surface area (Å²) in [6, 6.07) is 0.256. The first-order valence-electron chi connectivity index (χ1n) is 3.78. The molecule has 3 heteroatoms. The molecular formula is C7H15FN2. The van der Waals surface area contributed by atoms with Crippen molar-refractivity contribution in [1.29, 1.82) is 0 Å². The van der Waals surface area contributed by atoms with Gasteiger partial charge in [-0.3, -0.25) is 4.90 Å². The number of halogens is 1. The van der Waals surface area contributed by atoms with Gasteiger partial charge in [-0.2, -0.15) is 0 Å². The van der Waals surface area contributed by atoms with E-state index in [1.54, 1.807) is 0 Å². The average molecular weight is 146 g/mol. The van der Waals surface area contributed by atoms with Crippen LogP contribution in [-0.2, 0) is 0 Å². The van der Waals surface area contributed by atoms with Gasteiger partial charge in [0, 0.05) is 25.7 Å². The molecule has 1 aliphatic rings. The van der Waals surface area contributed by atoms with Gasteiger partial charge in [0.2, 0.25) is 0 Å². The van der Waals surface area contributed by atoms with E-state index in [9.17, 15) is 4.39 Å². The Morgan fingerprint density at radius 3 is 2.70 bits per heavy atom. The van der Waals surface area contributed by atoms with E-state index in [-0.39, 0.29) is 12.7 Å². The molecule has 1 saturated heterocycles. The van der Waals surface area contributed by atoms with Gasteiger partial charge in [0.05, 0.1) is 0 Å². The van der Waals surface area contributed by atoms with Crippen LogP contribution in [0.5, 0.6) is 0 Å². The average Bonchev–Trinajstić information content (AvgIpc) is 2.14. The van der Waals surface area contributed by atoms with Crippen LogP contribution in [0.3, 0.4) is 0 Å². The topological polar surface area (TPSA) is 29.3 Å². The van der Waals surface area contributed by atoms with Crippen LogP contribution in [0.4, 0.5) is 4.39 Å². The Labute approximate surface area is 61.2 Å². The molecule has 1 fully saturated rings. The summed E-state index contributed by atoms with van der Waals surface area (Å²) in [7, 11) is 0. The number of likely N-dealkylation sites (tertiary alicyclic amines) is 1. The molecule has 1 rings (SSSR count). The smallest absolute Gasteiger partial charge is 0.102 e. The van der Waals surface area contributed by atoms with E-state index < -0.39 is 0 Å². The maximum Gasteiger partial charge on any atom is 0.102 e. The molecule has 0 saturated carbocycles. The maximum absolute atomic E-state index is 11.8. The Morgan fingerprint density at radius 1 is 1.60 bits per heavy atom. The number of hydrogen-bond donors (Lipinski definition) is 1. The zero-order valence-corrected chi connectivity index (χ0v) is 6.39. The van der Waals surface area contributed by atoms with Gasteiger partial charge in [-0.1, -0.05) is 6.92 Å². The van der Waals surface area contributed by atoms with Crippen LogP contribution in [-0.4, -0.2) is 37.3 Å². The highest BCUT2D eigenvalue weighted by atomic mass is 19.1. The van der Waals surface area contributed by atoms with Crippen molar-refractivity contribution in [2.45, 2.75) is 13.0 Å². The molecule has 2 nitrogen and oxygen atoms in total. The quantitative estimate of drug-likeness (QED) is 0.604. The van der Waals surface area contributed by atoms with Gasteiger partial charge in [-0.15, -0.1) is 0 Å². The summed E-state index contributed by atoms with van der Waals surface area (Å²) in [5.74, 6) is 0.534. The fraction of sp³-hybridized carbons (Fsp3) is 1.00. The summed E-state index contributed by atoms with van der Waals surface area (Å²) < 4.78 is 11.8. The predicted octanol–water partition coefficient (Wildman–Crippen LogP) is 0.235. The zero-order chi connectivity index (χ0) is 7.56. The van der Waals surface area contributed by atoms with Crippen LogP contribution in [0.15, 0.2) is 0 Å². The van der Waals surface area contributed by atoms with Crippen molar-refractivity contribution in [3.63, 3.8) is 0 Å². The lowest BCUT2D eigenvalue weighted by molar-refractivity contribution is 0.289. The Kier molecular flexibility index (Phi) is 2.63. The Hall–Kier alpha value is -0.150. The van der Waals surface area contributed by atoms with Gasteiger partial charge in [-0.25, -0.2) is 4.39 Å². The van der Waals surface area contributed by atoms with Gasteiger partial charge in [-0.05, 0) is 5.92 Å². The minimum Gasteiger partial charge on any atom is -0.326 e. The lowest BCUT2D eigenvalue weighted by Gasteiger charge is -2.11. The minimum absolute atomic E-state index is 0.251. The molecule has 2 N–H and O–H groups in total. The predicted molar refractivity (Wildman–Crippen MR) is 39.6 cm³/mol. The maximum atomic E-state index is 11.8. The number of hydrogen-bond acceptors (Lipinski definition) is 2. The number of alkyl halides is 1. The molecule has 0 aromatic heterocycles. The molecule has 2 unspecified atom stereocenters. The fourth-order valence-corrected chi connectivity index (χ4v) is 1.40. The highest BCUT2D eigenvalue weighted by molar-refractivity contribution is 4.83. The molecule has 0 aromatic carbocycles. The molecule has 10 heavy (non-hydrogen) atoms. The monoisotopic (exact) mass is 146 g/mol. The third-order valence-electron chi connectivity index (χ3n) is 2.15. The van der Waals surface area contributed by atoms with Crippen molar-refractivity contribution in [2.24, 2.45) is 11.7 Å². The van der Waals surface area contributed by atoms with Gasteiger partial charge in [0.1, 0.15) is 6.67 Å². The van der Waals surface area contributed by atoms with E-state index in [0.717, 1.165) is 13.1 Å². The first kappa shape index (κ1) is 7.95. The molecule has 0 aliphatic carbocycles. The second kappa shape index (κ2) is 3.30. The summed E-state index contributed by atoms with van der Waals surface area (Å²) in [5, 5.41) is 0. The van der Waals surface area contributed by atoms with Crippen molar-refractivity contribution in [1.82, 2.24) is 4.90 Å². The van der Waals surface area contributed by atoms with Gasteiger partial charge in [0.25, 0.3) is 0 Å². The van der Waals surface area contributed by atoms with E-state index >= 15 is 0 Å². The van der Waals surface area contributed by atoms with Crippen molar-refractivity contribution in [3.8, 4) is 0 Å². The third-order valence-corrected chi connectivity index (χ3v) is 2.15. The molecular weight excluding hydrogens is 131 g/mol. The van der Waals surface area contributed by atoms with Crippen LogP contribution in [0.1, 0.15) is 6.92 Å². The minimum atomic E-state index is -0.251. The van der Waals surface area contributed by atoms with Crippen molar-refractivity contribution < 1.29 is 4.39 Å². The van der Waals surface area contributed by atoms with E-state index in [1.165, 1.54) is 0 Å². The number of rotatable bonds is 2. The molecule has 0 radical (unpaired) electrons. The molecule has 1 heterocycles. The first-order valence-corrected chi connectivity index (χ1v) is 3.78. The van der Waals surface area contributed by atoms with Crippen molar-refractivity contribution in [3.05, 3.63) is 0 Å². The van der Waals surface area contributed by atoms with Crippen molar-refractivity contribution in [2.75, 3.05) is 26.3 Å². The molecule has 0 aromatic rings. The van der Waals surface area contributed by atoms with Gasteiger partial charge in [0.15, 0.2) is 0 Å². The van der Waals surface area contributed by atoms with Crippen LogP contribution in [0.2, 0.25) is 0 Å². The van der Waals surface area contributed by atoms with Crippen LogP contribution >= 0.6 is 0 Å². The largest absolute Gasteiger partial charge is 0.326 e. The molecule has 2 atom stereocenters. The number of nitrogens with two attached hydrogens (primary N) is 1. The Balaban J connectivity index is 2.27. The Morgan fingerprint density at radius 2 is 2.30 bits per heavy atom. The molecule has 1 aliphatic heterocycles. The normalized spacial score (nSPS) is 35.1. The molecule has 0 bridgehead atoms. The van der Waals surface area contributed by atoms with Gasteiger partial charge < -0.3 is 5.73 Å². The lowest BCUT2D eigenvalue weighted by atomic mass is 10.1. The van der Waals surface area contributed by atoms with Crippen LogP contribution in [0, 0.1) is 5.92 Å². The van der Waals surface area contributed by atoms with Crippen LogP contribution in [0.25, 0.3) is 0 Å². The molecule has 0 amide bonds. The van der Waals surface area contributed by atoms with Crippen molar-refractivity contribution >= 4 is 0 Å². The fourth-order valence-electron chi connectivity index (χ4n) is 1.40. The summed E-state index contributed by atoms with van der Waals surface area (Å²) in [5.41, 5.74) is 5.73.